The summed E-state index contributed by atoms with van der Waals surface area (Å²) in [5, 5.41) is 7.94. The first-order valence-electron chi connectivity index (χ1n) is 4.51. The Morgan fingerprint density at radius 3 is 2.67 bits per heavy atom. The van der Waals surface area contributed by atoms with E-state index in [2.05, 4.69) is 10.2 Å². The number of hydrogen-bond donors (Lipinski definition) is 1. The molecule has 0 radical (unpaired) electrons. The second-order valence-corrected chi connectivity index (χ2v) is 3.64. The molecule has 15 heavy (non-hydrogen) atoms. The number of hydrogen-bond acceptors (Lipinski definition) is 3. The molecule has 0 fully saturated rings. The molecule has 0 saturated carbocycles. The van der Waals surface area contributed by atoms with Gasteiger partial charge in [0.25, 0.3) is 0 Å². The highest BCUT2D eigenvalue weighted by Gasteiger charge is 2.16. The van der Waals surface area contributed by atoms with Crippen LogP contribution in [0.3, 0.4) is 0 Å². The zero-order valence-electron chi connectivity index (χ0n) is 7.87. The fourth-order valence-corrected chi connectivity index (χ4v) is 1.69. The van der Waals surface area contributed by atoms with Crippen LogP contribution in [0.4, 0.5) is 4.39 Å². The molecule has 0 bridgehead atoms. The molecule has 78 valence electrons. The van der Waals surface area contributed by atoms with Crippen LogP contribution in [-0.4, -0.2) is 11.5 Å². The van der Waals surface area contributed by atoms with Gasteiger partial charge in [-0.1, -0.05) is 17.7 Å². The van der Waals surface area contributed by atoms with Gasteiger partial charge in [0.2, 0.25) is 0 Å². The van der Waals surface area contributed by atoms with E-state index in [0.29, 0.717) is 35.0 Å². The largest absolute Gasteiger partial charge is 0.386 e. The SMILES string of the molecule is NC1=NN=C(c2c(F)cccc2Cl)CC1. The average molecular weight is 226 g/mol. The highest BCUT2D eigenvalue weighted by atomic mass is 35.5. The summed E-state index contributed by atoms with van der Waals surface area (Å²) in [5.41, 5.74) is 6.34. The fraction of sp³-hybridized carbons (Fsp3) is 0.200. The van der Waals surface area contributed by atoms with Crippen LogP contribution in [0.1, 0.15) is 18.4 Å². The van der Waals surface area contributed by atoms with Gasteiger partial charge < -0.3 is 5.73 Å². The minimum absolute atomic E-state index is 0.329. The summed E-state index contributed by atoms with van der Waals surface area (Å²) < 4.78 is 13.5. The van der Waals surface area contributed by atoms with Crippen molar-refractivity contribution in [3.05, 3.63) is 34.6 Å². The smallest absolute Gasteiger partial charge is 0.133 e. The predicted molar refractivity (Wildman–Crippen MR) is 58.8 cm³/mol. The Labute approximate surface area is 91.5 Å². The second-order valence-electron chi connectivity index (χ2n) is 3.23. The van der Waals surface area contributed by atoms with E-state index in [-0.39, 0.29) is 5.82 Å². The van der Waals surface area contributed by atoms with Gasteiger partial charge >= 0.3 is 0 Å². The van der Waals surface area contributed by atoms with Gasteiger partial charge in [-0.15, -0.1) is 5.10 Å². The minimum Gasteiger partial charge on any atom is -0.386 e. The molecule has 2 N–H and O–H groups in total. The number of nitrogens with two attached hydrogens (primary N) is 1. The van der Waals surface area contributed by atoms with Crippen molar-refractivity contribution in [2.24, 2.45) is 15.9 Å². The van der Waals surface area contributed by atoms with E-state index in [1.807, 2.05) is 0 Å². The molecular formula is C10H9ClFN3. The van der Waals surface area contributed by atoms with Crippen LogP contribution >= 0.6 is 11.6 Å². The van der Waals surface area contributed by atoms with Crippen molar-refractivity contribution in [1.29, 1.82) is 0 Å². The van der Waals surface area contributed by atoms with Crippen molar-refractivity contribution in [3.63, 3.8) is 0 Å². The summed E-state index contributed by atoms with van der Waals surface area (Å²) in [6.07, 6.45) is 1.15. The number of rotatable bonds is 1. The van der Waals surface area contributed by atoms with E-state index in [9.17, 15) is 4.39 Å². The third-order valence-corrected chi connectivity index (χ3v) is 2.48. The number of nitrogens with zero attached hydrogens (tertiary/aromatic N) is 2. The lowest BCUT2D eigenvalue weighted by molar-refractivity contribution is 0.624. The summed E-state index contributed by atoms with van der Waals surface area (Å²) in [6, 6.07) is 4.54. The monoisotopic (exact) mass is 225 g/mol. The number of halogens is 2. The molecule has 3 nitrogen and oxygen atoms in total. The third kappa shape index (κ3) is 1.99. The van der Waals surface area contributed by atoms with Gasteiger partial charge in [0.05, 0.1) is 16.3 Å². The van der Waals surface area contributed by atoms with Crippen molar-refractivity contribution >= 4 is 23.1 Å². The molecule has 0 atom stereocenters. The topological polar surface area (TPSA) is 50.7 Å². The lowest BCUT2D eigenvalue weighted by Crippen LogP contribution is -2.18. The van der Waals surface area contributed by atoms with E-state index in [1.165, 1.54) is 6.07 Å². The third-order valence-electron chi connectivity index (χ3n) is 2.17. The summed E-state index contributed by atoms with van der Waals surface area (Å²) in [5.74, 6) is 0.0862. The van der Waals surface area contributed by atoms with Gasteiger partial charge in [-0.2, -0.15) is 5.10 Å². The number of benzene rings is 1. The fourth-order valence-electron chi connectivity index (χ4n) is 1.42. The Morgan fingerprint density at radius 1 is 1.27 bits per heavy atom. The van der Waals surface area contributed by atoms with Gasteiger partial charge in [-0.05, 0) is 18.6 Å². The van der Waals surface area contributed by atoms with Crippen LogP contribution in [0.25, 0.3) is 0 Å². The standard InChI is InChI=1S/C10H9ClFN3/c11-6-2-1-3-7(12)10(6)8-4-5-9(13)15-14-8/h1-3H,4-5H2,(H2,13,15). The first-order valence-corrected chi connectivity index (χ1v) is 4.89. The lowest BCUT2D eigenvalue weighted by atomic mass is 10.0. The molecule has 0 saturated heterocycles. The van der Waals surface area contributed by atoms with Crippen molar-refractivity contribution in [1.82, 2.24) is 0 Å². The maximum atomic E-state index is 13.5. The van der Waals surface area contributed by atoms with Crippen LogP contribution in [0.15, 0.2) is 28.4 Å². The lowest BCUT2D eigenvalue weighted by Gasteiger charge is -2.11. The summed E-state index contributed by atoms with van der Waals surface area (Å²) >= 11 is 5.90. The molecule has 1 aromatic rings. The Morgan fingerprint density at radius 2 is 2.07 bits per heavy atom. The van der Waals surface area contributed by atoms with Crippen LogP contribution in [0, 0.1) is 5.82 Å². The van der Waals surface area contributed by atoms with Crippen LogP contribution in [0.2, 0.25) is 5.02 Å². The quantitative estimate of drug-likeness (QED) is 0.784. The molecule has 0 aliphatic carbocycles. The highest BCUT2D eigenvalue weighted by molar-refractivity contribution is 6.34. The van der Waals surface area contributed by atoms with Gasteiger partial charge in [-0.25, -0.2) is 4.39 Å². The van der Waals surface area contributed by atoms with E-state index < -0.39 is 0 Å². The normalized spacial score (nSPS) is 15.9. The van der Waals surface area contributed by atoms with Crippen molar-refractivity contribution < 1.29 is 4.39 Å². The first-order chi connectivity index (χ1) is 7.18. The molecule has 0 amide bonds. The predicted octanol–water partition coefficient (Wildman–Crippen LogP) is 2.33. The zero-order chi connectivity index (χ0) is 10.8. The van der Waals surface area contributed by atoms with Crippen LogP contribution < -0.4 is 5.73 Å². The molecule has 1 aliphatic heterocycles. The molecule has 1 heterocycles. The van der Waals surface area contributed by atoms with Gasteiger partial charge in [0.1, 0.15) is 11.7 Å². The summed E-state index contributed by atoms with van der Waals surface area (Å²) in [6.45, 7) is 0. The molecule has 1 aliphatic rings. The molecule has 5 heteroatoms. The number of amidine groups is 1. The van der Waals surface area contributed by atoms with Crippen LogP contribution in [-0.2, 0) is 0 Å². The van der Waals surface area contributed by atoms with Gasteiger partial charge in [0.15, 0.2) is 0 Å². The zero-order valence-corrected chi connectivity index (χ0v) is 8.63. The second kappa shape index (κ2) is 3.98. The summed E-state index contributed by atoms with van der Waals surface area (Å²) in [4.78, 5) is 0. The van der Waals surface area contributed by atoms with Crippen molar-refractivity contribution in [2.45, 2.75) is 12.8 Å². The maximum absolute atomic E-state index is 13.5. The molecular weight excluding hydrogens is 217 g/mol. The maximum Gasteiger partial charge on any atom is 0.133 e. The van der Waals surface area contributed by atoms with Gasteiger partial charge in [-0.3, -0.25) is 0 Å². The Balaban J connectivity index is 2.46. The molecule has 0 spiro atoms. The Bertz CT molecular complexity index is 434. The molecule has 0 aromatic heterocycles. The molecule has 1 aromatic carbocycles. The van der Waals surface area contributed by atoms with E-state index in [1.54, 1.807) is 12.1 Å². The average Bonchev–Trinajstić information content (AvgIpc) is 2.20. The molecule has 0 unspecified atom stereocenters. The Hall–Kier alpha value is -1.42. The van der Waals surface area contributed by atoms with Gasteiger partial charge in [0, 0.05) is 6.42 Å². The van der Waals surface area contributed by atoms with E-state index in [0.717, 1.165) is 0 Å². The first kappa shape index (κ1) is 10.1. The van der Waals surface area contributed by atoms with Crippen molar-refractivity contribution in [3.8, 4) is 0 Å². The highest BCUT2D eigenvalue weighted by Crippen LogP contribution is 2.22. The minimum atomic E-state index is -0.378. The van der Waals surface area contributed by atoms with Crippen LogP contribution in [0.5, 0.6) is 0 Å². The molecule has 2 rings (SSSR count). The Kier molecular flexibility index (Phi) is 2.68. The van der Waals surface area contributed by atoms with Crippen molar-refractivity contribution in [2.75, 3.05) is 0 Å². The van der Waals surface area contributed by atoms with E-state index >= 15 is 0 Å². The summed E-state index contributed by atoms with van der Waals surface area (Å²) in [7, 11) is 0. The van der Waals surface area contributed by atoms with E-state index in [4.69, 9.17) is 17.3 Å².